The molecule has 0 saturated heterocycles. The van der Waals surface area contributed by atoms with Gasteiger partial charge in [-0.2, -0.15) is 0 Å². The van der Waals surface area contributed by atoms with E-state index in [1.54, 1.807) is 54.6 Å². The summed E-state index contributed by atoms with van der Waals surface area (Å²) in [5.41, 5.74) is 4.04. The number of amides is 2. The zero-order valence-corrected chi connectivity index (χ0v) is 22.1. The Morgan fingerprint density at radius 3 is 2.23 bits per heavy atom. The van der Waals surface area contributed by atoms with Gasteiger partial charge in [-0.1, -0.05) is 60.3 Å². The first kappa shape index (κ1) is 26.1. The summed E-state index contributed by atoms with van der Waals surface area (Å²) in [5, 5.41) is 0.150. The molecule has 0 spiro atoms. The minimum absolute atomic E-state index is 0.0307. The molecule has 8 heteroatoms. The number of hydrogen-bond acceptors (Lipinski definition) is 5. The summed E-state index contributed by atoms with van der Waals surface area (Å²) >= 11 is 1.04. The van der Waals surface area contributed by atoms with Crippen molar-refractivity contribution in [1.29, 1.82) is 0 Å². The third-order valence-electron chi connectivity index (χ3n) is 6.31. The number of Topliss-reactive ketones (excluding diaryl/α,β-unsaturated/α-hetero) is 1. The molecule has 0 radical (unpaired) electrons. The first-order valence-corrected chi connectivity index (χ1v) is 13.2. The molecule has 0 saturated carbocycles. The molecule has 1 aliphatic rings. The van der Waals surface area contributed by atoms with Crippen molar-refractivity contribution in [3.05, 3.63) is 131 Å². The van der Waals surface area contributed by atoms with Crippen LogP contribution in [0.4, 0.5) is 4.39 Å². The van der Waals surface area contributed by atoms with Crippen molar-refractivity contribution in [2.24, 2.45) is 4.99 Å². The van der Waals surface area contributed by atoms with Crippen LogP contribution in [0, 0.1) is 19.7 Å². The highest BCUT2D eigenvalue weighted by molar-refractivity contribution is 8.14. The van der Waals surface area contributed by atoms with Gasteiger partial charge in [-0.3, -0.25) is 14.4 Å². The number of ketones is 1. The van der Waals surface area contributed by atoms with Crippen LogP contribution in [0.2, 0.25) is 0 Å². The van der Waals surface area contributed by atoms with E-state index in [-0.39, 0.29) is 28.2 Å². The Balaban J connectivity index is 1.42. The zero-order chi connectivity index (χ0) is 27.5. The highest BCUT2D eigenvalue weighted by Crippen LogP contribution is 2.28. The molecule has 5 rings (SSSR count). The standard InChI is InChI=1S/C31H24FN3O3S/c1-20-17-26(21(2)34(20)25-15-13-24(32)14-16-25)28(36)19-39-31-33-27(18-22-9-5-3-6-10-22)30(38)35(31)29(37)23-11-7-4-8-12-23/h3-18H,19H2,1-2H3/b27-18-. The maximum Gasteiger partial charge on any atom is 0.285 e. The number of aromatic nitrogens is 1. The van der Waals surface area contributed by atoms with Gasteiger partial charge in [0.1, 0.15) is 11.5 Å². The molecule has 2 heterocycles. The number of carbonyl (C=O) groups excluding carboxylic acids is 3. The van der Waals surface area contributed by atoms with E-state index in [1.165, 1.54) is 12.1 Å². The van der Waals surface area contributed by atoms with Gasteiger partial charge in [-0.25, -0.2) is 14.3 Å². The number of thioether (sulfide) groups is 1. The maximum atomic E-state index is 13.4. The molecule has 194 valence electrons. The molecule has 0 N–H and O–H groups in total. The average Bonchev–Trinajstić information content (AvgIpc) is 3.42. The van der Waals surface area contributed by atoms with E-state index in [9.17, 15) is 18.8 Å². The quantitative estimate of drug-likeness (QED) is 0.166. The Labute approximate surface area is 229 Å². The molecule has 0 bridgehead atoms. The van der Waals surface area contributed by atoms with E-state index >= 15 is 0 Å². The van der Waals surface area contributed by atoms with Crippen molar-refractivity contribution >= 4 is 40.6 Å². The fraction of sp³-hybridized carbons (Fsp3) is 0.0968. The summed E-state index contributed by atoms with van der Waals surface area (Å²) in [6, 6.07) is 25.6. The molecule has 1 aromatic heterocycles. The second kappa shape index (κ2) is 11.0. The Morgan fingerprint density at radius 1 is 0.923 bits per heavy atom. The number of imide groups is 1. The zero-order valence-electron chi connectivity index (χ0n) is 21.3. The minimum atomic E-state index is -0.544. The molecule has 1 aliphatic heterocycles. The monoisotopic (exact) mass is 537 g/mol. The Hall–Kier alpha value is -4.56. The maximum absolute atomic E-state index is 13.4. The van der Waals surface area contributed by atoms with Crippen molar-refractivity contribution in [1.82, 2.24) is 9.47 Å². The number of amidine groups is 1. The number of nitrogens with zero attached hydrogens (tertiary/aromatic N) is 3. The third kappa shape index (κ3) is 5.37. The van der Waals surface area contributed by atoms with Gasteiger partial charge in [0, 0.05) is 28.2 Å². The topological polar surface area (TPSA) is 71.7 Å². The number of rotatable bonds is 6. The Morgan fingerprint density at radius 2 is 1.56 bits per heavy atom. The molecule has 4 aromatic rings. The van der Waals surface area contributed by atoms with Crippen LogP contribution in [0.15, 0.2) is 102 Å². The van der Waals surface area contributed by atoms with Gasteiger partial charge in [0.25, 0.3) is 11.8 Å². The van der Waals surface area contributed by atoms with Gasteiger partial charge in [0.05, 0.1) is 5.75 Å². The van der Waals surface area contributed by atoms with Gasteiger partial charge in [0.15, 0.2) is 11.0 Å². The van der Waals surface area contributed by atoms with Crippen LogP contribution in [0.5, 0.6) is 0 Å². The molecule has 2 amide bonds. The van der Waals surface area contributed by atoms with E-state index in [4.69, 9.17) is 0 Å². The summed E-state index contributed by atoms with van der Waals surface area (Å²) in [4.78, 5) is 45.5. The lowest BCUT2D eigenvalue weighted by molar-refractivity contribution is -0.120. The van der Waals surface area contributed by atoms with Gasteiger partial charge < -0.3 is 4.57 Å². The summed E-state index contributed by atoms with van der Waals surface area (Å²) in [5.74, 6) is -1.60. The van der Waals surface area contributed by atoms with Crippen molar-refractivity contribution < 1.29 is 18.8 Å². The molecule has 0 unspecified atom stereocenters. The lowest BCUT2D eigenvalue weighted by Gasteiger charge is -2.15. The van der Waals surface area contributed by atoms with Crippen LogP contribution < -0.4 is 0 Å². The van der Waals surface area contributed by atoms with Crippen molar-refractivity contribution in [2.75, 3.05) is 5.75 Å². The number of hydrogen-bond donors (Lipinski definition) is 0. The van der Waals surface area contributed by atoms with E-state index in [2.05, 4.69) is 4.99 Å². The number of aryl methyl sites for hydroxylation is 1. The molecule has 3 aromatic carbocycles. The Bertz CT molecular complexity index is 1630. The minimum Gasteiger partial charge on any atom is -0.318 e. The SMILES string of the molecule is Cc1cc(C(=O)CSC2=N/C(=C\c3ccccc3)C(=O)N2C(=O)c2ccccc2)c(C)n1-c1ccc(F)cc1. The lowest BCUT2D eigenvalue weighted by Crippen LogP contribution is -2.37. The smallest absolute Gasteiger partial charge is 0.285 e. The molecular formula is C31H24FN3O3S. The van der Waals surface area contributed by atoms with Gasteiger partial charge in [0.2, 0.25) is 0 Å². The second-order valence-electron chi connectivity index (χ2n) is 8.95. The molecular weight excluding hydrogens is 513 g/mol. The largest absolute Gasteiger partial charge is 0.318 e. The number of halogens is 1. The summed E-state index contributed by atoms with van der Waals surface area (Å²) in [6.07, 6.45) is 1.62. The second-order valence-corrected chi connectivity index (χ2v) is 9.90. The average molecular weight is 538 g/mol. The summed E-state index contributed by atoms with van der Waals surface area (Å²) in [6.45, 7) is 3.71. The normalized spacial score (nSPS) is 14.1. The predicted octanol–water partition coefficient (Wildman–Crippen LogP) is 6.23. The highest BCUT2D eigenvalue weighted by atomic mass is 32.2. The van der Waals surface area contributed by atoms with Crippen LogP contribution in [0.1, 0.15) is 37.7 Å². The van der Waals surface area contributed by atoms with Gasteiger partial charge in [-0.05, 0) is 68.0 Å². The van der Waals surface area contributed by atoms with Crippen molar-refractivity contribution in [3.8, 4) is 5.69 Å². The van der Waals surface area contributed by atoms with Crippen LogP contribution in [0.3, 0.4) is 0 Å². The molecule has 39 heavy (non-hydrogen) atoms. The lowest BCUT2D eigenvalue weighted by atomic mass is 10.2. The first-order chi connectivity index (χ1) is 18.8. The molecule has 0 aliphatic carbocycles. The molecule has 6 nitrogen and oxygen atoms in total. The fourth-order valence-electron chi connectivity index (χ4n) is 4.43. The van der Waals surface area contributed by atoms with Crippen LogP contribution in [-0.4, -0.2) is 38.0 Å². The predicted molar refractivity (Wildman–Crippen MR) is 151 cm³/mol. The molecule has 0 atom stereocenters. The first-order valence-electron chi connectivity index (χ1n) is 12.2. The fourth-order valence-corrected chi connectivity index (χ4v) is 5.30. The van der Waals surface area contributed by atoms with Gasteiger partial charge >= 0.3 is 0 Å². The van der Waals surface area contributed by atoms with Gasteiger partial charge in [-0.15, -0.1) is 0 Å². The van der Waals surface area contributed by atoms with Crippen molar-refractivity contribution in [2.45, 2.75) is 13.8 Å². The Kier molecular flexibility index (Phi) is 7.38. The van der Waals surface area contributed by atoms with E-state index in [0.717, 1.165) is 39.3 Å². The number of carbonyl (C=O) groups is 3. The summed E-state index contributed by atoms with van der Waals surface area (Å²) in [7, 11) is 0. The van der Waals surface area contributed by atoms with Crippen LogP contribution >= 0.6 is 11.8 Å². The van der Waals surface area contributed by atoms with E-state index in [1.807, 2.05) is 48.7 Å². The highest BCUT2D eigenvalue weighted by Gasteiger charge is 2.36. The number of aliphatic imine (C=N–C) groups is 1. The third-order valence-corrected chi connectivity index (χ3v) is 7.24. The number of benzene rings is 3. The molecule has 0 fully saturated rings. The van der Waals surface area contributed by atoms with Crippen LogP contribution in [0.25, 0.3) is 11.8 Å². The van der Waals surface area contributed by atoms with E-state index in [0.29, 0.717) is 11.1 Å². The van der Waals surface area contributed by atoms with Crippen LogP contribution in [-0.2, 0) is 4.79 Å². The van der Waals surface area contributed by atoms with E-state index < -0.39 is 11.8 Å². The summed E-state index contributed by atoms with van der Waals surface area (Å²) < 4.78 is 15.3. The van der Waals surface area contributed by atoms with Crippen molar-refractivity contribution in [3.63, 3.8) is 0 Å².